The van der Waals surface area contributed by atoms with Crippen LogP contribution in [-0.2, 0) is 0 Å². The average molecular weight is 547 g/mol. The highest BCUT2D eigenvalue weighted by molar-refractivity contribution is 5.97. The van der Waals surface area contributed by atoms with Gasteiger partial charge in [0.1, 0.15) is 5.69 Å². The van der Waals surface area contributed by atoms with Crippen LogP contribution >= 0.6 is 0 Å². The number of anilines is 4. The molecule has 1 aromatic carbocycles. The predicted molar refractivity (Wildman–Crippen MR) is 155 cm³/mol. The second-order valence-electron chi connectivity index (χ2n) is 11.1. The number of H-pyrrole nitrogens is 1. The first kappa shape index (κ1) is 26.5. The van der Waals surface area contributed by atoms with Crippen molar-refractivity contribution in [2.24, 2.45) is 5.73 Å². The van der Waals surface area contributed by atoms with Crippen molar-refractivity contribution < 1.29 is 9.90 Å². The summed E-state index contributed by atoms with van der Waals surface area (Å²) in [7, 11) is 2.20. The smallest absolute Gasteiger partial charge is 0.271 e. The van der Waals surface area contributed by atoms with Crippen LogP contribution < -0.4 is 21.3 Å². The van der Waals surface area contributed by atoms with Crippen LogP contribution in [0.25, 0.3) is 11.4 Å². The molecule has 2 saturated heterocycles. The SMILES string of the molecule is CN1CCN(C2CCN(c3ccc(Nc4nc(NC5CC(O)C5)c(-c5ccn[nH]5)nc4C(N)=O)cc3)CC2)CC1. The number of nitrogens with zero attached hydrogens (tertiary/aromatic N) is 6. The van der Waals surface area contributed by atoms with Crippen molar-refractivity contribution >= 4 is 28.9 Å². The number of benzene rings is 1. The van der Waals surface area contributed by atoms with E-state index in [1.807, 2.05) is 12.1 Å². The molecule has 4 heterocycles. The molecule has 0 radical (unpaired) electrons. The zero-order chi connectivity index (χ0) is 27.6. The summed E-state index contributed by atoms with van der Waals surface area (Å²) in [5.74, 6) is 0.0913. The molecule has 212 valence electrons. The Kier molecular flexibility index (Phi) is 7.55. The number of piperidine rings is 1. The molecular weight excluding hydrogens is 508 g/mol. The van der Waals surface area contributed by atoms with Gasteiger partial charge in [0.2, 0.25) is 0 Å². The van der Waals surface area contributed by atoms with E-state index in [1.165, 1.54) is 31.6 Å². The lowest BCUT2D eigenvalue weighted by Gasteiger charge is -2.42. The number of nitrogens with one attached hydrogen (secondary N) is 3. The van der Waals surface area contributed by atoms with E-state index < -0.39 is 5.91 Å². The topological polar surface area (TPSA) is 152 Å². The van der Waals surface area contributed by atoms with Gasteiger partial charge in [-0.15, -0.1) is 0 Å². The van der Waals surface area contributed by atoms with E-state index in [2.05, 4.69) is 59.7 Å². The van der Waals surface area contributed by atoms with E-state index in [0.717, 1.165) is 31.9 Å². The van der Waals surface area contributed by atoms with Crippen molar-refractivity contribution in [3.8, 4) is 11.4 Å². The minimum Gasteiger partial charge on any atom is -0.393 e. The number of rotatable bonds is 8. The Morgan fingerprint density at radius 1 is 1.00 bits per heavy atom. The Bertz CT molecular complexity index is 1290. The second-order valence-corrected chi connectivity index (χ2v) is 11.1. The standard InChI is InChI=1S/C28H38N10O2/c1-36-12-14-38(15-13-36)21-7-10-37(11-8-21)20-4-2-18(3-5-20)31-28-25(26(29)40)33-24(23-6-9-30-35-23)27(34-28)32-19-16-22(39)17-19/h2-6,9,19,21-22,39H,7-8,10-17H2,1H3,(H2,29,40)(H,30,35)(H2,31,32,34). The molecule has 1 aliphatic carbocycles. The lowest BCUT2D eigenvalue weighted by molar-refractivity contribution is 0.0835. The van der Waals surface area contributed by atoms with Gasteiger partial charge in [-0.3, -0.25) is 14.8 Å². The van der Waals surface area contributed by atoms with Gasteiger partial charge in [0, 0.05) is 68.9 Å². The molecule has 3 aliphatic rings. The van der Waals surface area contributed by atoms with Crippen LogP contribution in [0, 0.1) is 0 Å². The Morgan fingerprint density at radius 3 is 2.35 bits per heavy atom. The average Bonchev–Trinajstić information content (AvgIpc) is 3.48. The number of aromatic amines is 1. The molecule has 0 bridgehead atoms. The van der Waals surface area contributed by atoms with Crippen LogP contribution in [0.2, 0.25) is 0 Å². The molecule has 12 nitrogen and oxygen atoms in total. The fraction of sp³-hybridized carbons (Fsp3) is 0.500. The number of nitrogens with two attached hydrogens (primary N) is 1. The lowest BCUT2D eigenvalue weighted by Crippen LogP contribution is -2.52. The third-order valence-electron chi connectivity index (χ3n) is 8.35. The monoisotopic (exact) mass is 546 g/mol. The summed E-state index contributed by atoms with van der Waals surface area (Å²) in [4.78, 5) is 29.2. The highest BCUT2D eigenvalue weighted by atomic mass is 16.3. The number of aromatic nitrogens is 4. The predicted octanol–water partition coefficient (Wildman–Crippen LogP) is 1.86. The van der Waals surface area contributed by atoms with Gasteiger partial charge in [-0.25, -0.2) is 9.97 Å². The molecule has 6 rings (SSSR count). The van der Waals surface area contributed by atoms with E-state index in [-0.39, 0.29) is 23.7 Å². The zero-order valence-corrected chi connectivity index (χ0v) is 22.9. The summed E-state index contributed by atoms with van der Waals surface area (Å²) in [6.07, 6.45) is 4.90. The number of aliphatic hydroxyl groups excluding tert-OH is 1. The number of likely N-dealkylation sites (N-methyl/N-ethyl adjacent to an activating group) is 1. The van der Waals surface area contributed by atoms with E-state index >= 15 is 0 Å². The number of primary amides is 1. The van der Waals surface area contributed by atoms with E-state index in [4.69, 9.17) is 10.7 Å². The first-order chi connectivity index (χ1) is 19.4. The van der Waals surface area contributed by atoms with Crippen LogP contribution in [0.3, 0.4) is 0 Å². The summed E-state index contributed by atoms with van der Waals surface area (Å²) in [6, 6.07) is 10.7. The van der Waals surface area contributed by atoms with Gasteiger partial charge < -0.3 is 31.3 Å². The summed E-state index contributed by atoms with van der Waals surface area (Å²) in [5, 5.41) is 23.2. The Labute approximate surface area is 234 Å². The zero-order valence-electron chi connectivity index (χ0n) is 22.9. The molecule has 1 amide bonds. The summed E-state index contributed by atoms with van der Waals surface area (Å²) >= 11 is 0. The molecule has 0 atom stereocenters. The molecule has 3 aromatic rings. The Morgan fingerprint density at radius 2 is 1.73 bits per heavy atom. The minimum absolute atomic E-state index is 0.0406. The Balaban J connectivity index is 1.16. The number of piperazine rings is 1. The van der Waals surface area contributed by atoms with Crippen molar-refractivity contribution in [1.82, 2.24) is 30.0 Å². The summed E-state index contributed by atoms with van der Waals surface area (Å²) < 4.78 is 0. The lowest BCUT2D eigenvalue weighted by atomic mass is 9.89. The quantitative estimate of drug-likeness (QED) is 0.283. The number of amides is 1. The summed E-state index contributed by atoms with van der Waals surface area (Å²) in [5.41, 5.74) is 8.79. The molecular formula is C28H38N10O2. The van der Waals surface area contributed by atoms with E-state index in [0.29, 0.717) is 36.1 Å². The van der Waals surface area contributed by atoms with Crippen molar-refractivity contribution in [2.75, 3.05) is 61.8 Å². The van der Waals surface area contributed by atoms with Gasteiger partial charge in [-0.1, -0.05) is 0 Å². The molecule has 6 N–H and O–H groups in total. The fourth-order valence-corrected chi connectivity index (χ4v) is 5.84. The maximum atomic E-state index is 12.4. The van der Waals surface area contributed by atoms with Gasteiger partial charge in [0.05, 0.1) is 11.8 Å². The molecule has 12 heteroatoms. The molecule has 40 heavy (non-hydrogen) atoms. The van der Waals surface area contributed by atoms with E-state index in [9.17, 15) is 9.90 Å². The van der Waals surface area contributed by atoms with Crippen molar-refractivity contribution in [3.05, 3.63) is 42.2 Å². The van der Waals surface area contributed by atoms with Crippen LogP contribution in [0.1, 0.15) is 36.2 Å². The van der Waals surface area contributed by atoms with Crippen molar-refractivity contribution in [3.63, 3.8) is 0 Å². The number of carbonyl (C=O) groups excluding carboxylic acids is 1. The number of hydrogen-bond acceptors (Lipinski definition) is 10. The highest BCUT2D eigenvalue weighted by Gasteiger charge is 2.30. The van der Waals surface area contributed by atoms with Crippen LogP contribution in [0.4, 0.5) is 23.0 Å². The molecule has 2 aromatic heterocycles. The van der Waals surface area contributed by atoms with Gasteiger partial charge >= 0.3 is 0 Å². The highest BCUT2D eigenvalue weighted by Crippen LogP contribution is 2.32. The fourth-order valence-electron chi connectivity index (χ4n) is 5.84. The second kappa shape index (κ2) is 11.4. The molecule has 0 unspecified atom stereocenters. The van der Waals surface area contributed by atoms with E-state index in [1.54, 1.807) is 12.3 Å². The maximum Gasteiger partial charge on any atom is 0.271 e. The number of carbonyl (C=O) groups is 1. The maximum absolute atomic E-state index is 12.4. The molecule has 3 fully saturated rings. The largest absolute Gasteiger partial charge is 0.393 e. The van der Waals surface area contributed by atoms with Gasteiger partial charge in [0.15, 0.2) is 17.3 Å². The van der Waals surface area contributed by atoms with Crippen LogP contribution in [0.5, 0.6) is 0 Å². The molecule has 1 saturated carbocycles. The molecule has 2 aliphatic heterocycles. The van der Waals surface area contributed by atoms with Crippen molar-refractivity contribution in [2.45, 2.75) is 43.9 Å². The number of hydrogen-bond donors (Lipinski definition) is 5. The van der Waals surface area contributed by atoms with Crippen molar-refractivity contribution in [1.29, 1.82) is 0 Å². The molecule has 0 spiro atoms. The first-order valence-corrected chi connectivity index (χ1v) is 14.1. The number of aliphatic hydroxyl groups is 1. The van der Waals surface area contributed by atoms with Crippen LogP contribution in [0.15, 0.2) is 36.5 Å². The minimum atomic E-state index is -0.679. The Hall–Kier alpha value is -3.74. The van der Waals surface area contributed by atoms with Crippen LogP contribution in [-0.4, -0.2) is 105 Å². The first-order valence-electron chi connectivity index (χ1n) is 14.1. The summed E-state index contributed by atoms with van der Waals surface area (Å²) in [6.45, 7) is 6.73. The normalized spacial score (nSPS) is 22.6. The third-order valence-corrected chi connectivity index (χ3v) is 8.35. The van der Waals surface area contributed by atoms with Gasteiger partial charge in [-0.2, -0.15) is 5.10 Å². The van der Waals surface area contributed by atoms with Gasteiger partial charge in [0.25, 0.3) is 5.91 Å². The third kappa shape index (κ3) is 5.74. The van der Waals surface area contributed by atoms with Gasteiger partial charge in [-0.05, 0) is 63.1 Å².